The number of nitrogens with zero attached hydrogens (tertiary/aromatic N) is 4. The van der Waals surface area contributed by atoms with E-state index in [-0.39, 0.29) is 51.7 Å². The number of hydrogen-bond donors (Lipinski definition) is 1. The zero-order valence-corrected chi connectivity index (χ0v) is 19.9. The maximum absolute atomic E-state index is 12.6. The number of piperazine rings is 2. The van der Waals surface area contributed by atoms with Gasteiger partial charge in [-0.05, 0) is 18.9 Å². The normalized spacial score (nSPS) is 19.3. The SMILES string of the molecule is CC(CN1CC(=O)N(COC(=O)C(N)Cc2ccccc2)C(=O)C1)N1CC(=O)N(COC=O)C(=O)C1. The third-order valence-corrected chi connectivity index (χ3v) is 5.95. The largest absolute Gasteiger partial charge is 0.446 e. The molecule has 13 nitrogen and oxygen atoms in total. The zero-order chi connectivity index (χ0) is 26.2. The molecule has 2 aliphatic heterocycles. The van der Waals surface area contributed by atoms with E-state index in [1.54, 1.807) is 16.7 Å². The lowest BCUT2D eigenvalue weighted by atomic mass is 10.1. The van der Waals surface area contributed by atoms with Crippen LogP contribution in [0.25, 0.3) is 0 Å². The number of carbonyl (C=O) groups excluding carboxylic acids is 6. The molecule has 2 N–H and O–H groups in total. The van der Waals surface area contributed by atoms with E-state index < -0.39 is 49.1 Å². The molecule has 3 rings (SSSR count). The minimum absolute atomic E-state index is 0.0732. The molecule has 0 spiro atoms. The van der Waals surface area contributed by atoms with Crippen LogP contribution in [0.5, 0.6) is 0 Å². The first-order chi connectivity index (χ1) is 17.2. The molecule has 0 saturated carbocycles. The second kappa shape index (κ2) is 12.3. The molecule has 1 aromatic rings. The molecule has 194 valence electrons. The molecular formula is C23H29N5O8. The van der Waals surface area contributed by atoms with Crippen LogP contribution in [0.1, 0.15) is 12.5 Å². The van der Waals surface area contributed by atoms with Crippen molar-refractivity contribution in [1.82, 2.24) is 19.6 Å². The fourth-order valence-electron chi connectivity index (χ4n) is 3.97. The molecule has 13 heteroatoms. The topological polar surface area (TPSA) is 160 Å². The van der Waals surface area contributed by atoms with Crippen molar-refractivity contribution in [2.75, 3.05) is 46.2 Å². The number of benzene rings is 1. The van der Waals surface area contributed by atoms with Gasteiger partial charge >= 0.3 is 5.97 Å². The molecular weight excluding hydrogens is 474 g/mol. The van der Waals surface area contributed by atoms with Crippen LogP contribution in [0.15, 0.2) is 30.3 Å². The highest BCUT2D eigenvalue weighted by Gasteiger charge is 2.36. The Morgan fingerprint density at radius 2 is 1.50 bits per heavy atom. The van der Waals surface area contributed by atoms with Crippen molar-refractivity contribution >= 4 is 36.1 Å². The first-order valence-corrected chi connectivity index (χ1v) is 11.3. The molecule has 0 aliphatic carbocycles. The number of ether oxygens (including phenoxy) is 2. The van der Waals surface area contributed by atoms with E-state index >= 15 is 0 Å². The molecule has 1 aromatic carbocycles. The molecule has 4 amide bonds. The summed E-state index contributed by atoms with van der Waals surface area (Å²) < 4.78 is 9.61. The van der Waals surface area contributed by atoms with Gasteiger partial charge in [0.15, 0.2) is 13.5 Å². The van der Waals surface area contributed by atoms with Crippen molar-refractivity contribution < 1.29 is 38.2 Å². The average molecular weight is 504 g/mol. The Bertz CT molecular complexity index is 967. The fraction of sp³-hybridized carbons (Fsp3) is 0.478. The van der Waals surface area contributed by atoms with E-state index in [1.807, 2.05) is 30.3 Å². The summed E-state index contributed by atoms with van der Waals surface area (Å²) in [6, 6.07) is 7.89. The lowest BCUT2D eigenvalue weighted by Gasteiger charge is -2.39. The number of carbonyl (C=O) groups is 6. The number of esters is 1. The van der Waals surface area contributed by atoms with Gasteiger partial charge in [-0.3, -0.25) is 38.6 Å². The molecule has 2 saturated heterocycles. The minimum Gasteiger partial charge on any atom is -0.446 e. The summed E-state index contributed by atoms with van der Waals surface area (Å²) in [6.45, 7) is 0.882. The molecule has 2 heterocycles. The predicted molar refractivity (Wildman–Crippen MR) is 122 cm³/mol. The number of nitrogens with two attached hydrogens (primary N) is 1. The first kappa shape index (κ1) is 26.9. The van der Waals surface area contributed by atoms with Crippen LogP contribution in [0.3, 0.4) is 0 Å². The monoisotopic (exact) mass is 503 g/mol. The smallest absolute Gasteiger partial charge is 0.324 e. The summed E-state index contributed by atoms with van der Waals surface area (Å²) in [5, 5.41) is 0. The summed E-state index contributed by atoms with van der Waals surface area (Å²) in [6.07, 6.45) is 0.261. The van der Waals surface area contributed by atoms with Gasteiger partial charge in [0.25, 0.3) is 6.47 Å². The van der Waals surface area contributed by atoms with Gasteiger partial charge in [0, 0.05) is 12.6 Å². The van der Waals surface area contributed by atoms with Gasteiger partial charge < -0.3 is 15.2 Å². The van der Waals surface area contributed by atoms with Crippen LogP contribution >= 0.6 is 0 Å². The molecule has 36 heavy (non-hydrogen) atoms. The van der Waals surface area contributed by atoms with Gasteiger partial charge in [-0.1, -0.05) is 30.3 Å². The Morgan fingerprint density at radius 3 is 2.08 bits per heavy atom. The quantitative estimate of drug-likeness (QED) is 0.200. The molecule has 0 aromatic heterocycles. The first-order valence-electron chi connectivity index (χ1n) is 11.3. The summed E-state index contributed by atoms with van der Waals surface area (Å²) in [7, 11) is 0. The highest BCUT2D eigenvalue weighted by molar-refractivity contribution is 6.00. The summed E-state index contributed by atoms with van der Waals surface area (Å²) >= 11 is 0. The van der Waals surface area contributed by atoms with Crippen molar-refractivity contribution in [3.63, 3.8) is 0 Å². The third-order valence-electron chi connectivity index (χ3n) is 5.95. The predicted octanol–water partition coefficient (Wildman–Crippen LogP) is -2.08. The molecule has 2 fully saturated rings. The van der Waals surface area contributed by atoms with E-state index in [0.717, 1.165) is 15.4 Å². The van der Waals surface area contributed by atoms with Crippen molar-refractivity contribution in [2.45, 2.75) is 25.4 Å². The van der Waals surface area contributed by atoms with Crippen LogP contribution in [0, 0.1) is 0 Å². The van der Waals surface area contributed by atoms with Crippen molar-refractivity contribution in [2.24, 2.45) is 5.73 Å². The van der Waals surface area contributed by atoms with Crippen LogP contribution in [-0.2, 0) is 44.7 Å². The van der Waals surface area contributed by atoms with Crippen molar-refractivity contribution in [3.8, 4) is 0 Å². The average Bonchev–Trinajstić information content (AvgIpc) is 2.83. The van der Waals surface area contributed by atoms with Gasteiger partial charge in [0.1, 0.15) is 6.04 Å². The second-order valence-electron chi connectivity index (χ2n) is 8.64. The molecule has 0 radical (unpaired) electrons. The molecule has 2 atom stereocenters. The fourth-order valence-corrected chi connectivity index (χ4v) is 3.97. The molecule has 2 aliphatic rings. The Kier molecular flexibility index (Phi) is 9.22. The van der Waals surface area contributed by atoms with Crippen molar-refractivity contribution in [3.05, 3.63) is 35.9 Å². The Hall–Kier alpha value is -3.68. The number of hydrogen-bond acceptors (Lipinski definition) is 11. The zero-order valence-electron chi connectivity index (χ0n) is 19.9. The van der Waals surface area contributed by atoms with Gasteiger partial charge in [-0.15, -0.1) is 0 Å². The maximum Gasteiger partial charge on any atom is 0.324 e. The van der Waals surface area contributed by atoms with E-state index in [2.05, 4.69) is 4.74 Å². The van der Waals surface area contributed by atoms with E-state index in [0.29, 0.717) is 0 Å². The van der Waals surface area contributed by atoms with Gasteiger partial charge in [0.2, 0.25) is 23.6 Å². The van der Waals surface area contributed by atoms with Crippen LogP contribution in [0.4, 0.5) is 0 Å². The van der Waals surface area contributed by atoms with Crippen LogP contribution < -0.4 is 5.73 Å². The van der Waals surface area contributed by atoms with E-state index in [9.17, 15) is 28.8 Å². The third kappa shape index (κ3) is 6.93. The summed E-state index contributed by atoms with van der Waals surface area (Å²) in [5.74, 6) is -2.81. The van der Waals surface area contributed by atoms with Crippen LogP contribution in [-0.4, -0.2) is 114 Å². The molecule has 0 bridgehead atoms. The lowest BCUT2D eigenvalue weighted by molar-refractivity contribution is -0.166. The highest BCUT2D eigenvalue weighted by atomic mass is 16.5. The summed E-state index contributed by atoms with van der Waals surface area (Å²) in [4.78, 5) is 77.1. The van der Waals surface area contributed by atoms with Crippen LogP contribution in [0.2, 0.25) is 0 Å². The Labute approximate surface area is 207 Å². The standard InChI is InChI=1S/C23H29N5O8/c1-16(26-11-21(32)27(13-35-15-29)22(33)12-26)8-25-9-19(30)28(20(31)10-25)14-36-23(34)18(24)7-17-5-3-2-4-6-17/h2-6,15-16,18H,7-14,24H2,1H3. The van der Waals surface area contributed by atoms with Gasteiger partial charge in [-0.2, -0.15) is 0 Å². The Morgan fingerprint density at radius 1 is 0.944 bits per heavy atom. The van der Waals surface area contributed by atoms with Gasteiger partial charge in [-0.25, -0.2) is 9.80 Å². The lowest BCUT2D eigenvalue weighted by Crippen LogP contribution is -2.60. The van der Waals surface area contributed by atoms with E-state index in [1.165, 1.54) is 0 Å². The number of rotatable bonds is 11. The number of amides is 4. The van der Waals surface area contributed by atoms with Gasteiger partial charge in [0.05, 0.1) is 26.2 Å². The van der Waals surface area contributed by atoms with Crippen molar-refractivity contribution in [1.29, 1.82) is 0 Å². The highest BCUT2D eigenvalue weighted by Crippen LogP contribution is 2.13. The number of imide groups is 2. The molecule has 2 unspecified atom stereocenters. The second-order valence-corrected chi connectivity index (χ2v) is 8.64. The minimum atomic E-state index is -0.935. The maximum atomic E-state index is 12.6. The van der Waals surface area contributed by atoms with E-state index in [4.69, 9.17) is 10.5 Å². The Balaban J connectivity index is 1.46. The summed E-state index contributed by atoms with van der Waals surface area (Å²) in [5.41, 5.74) is 6.74.